The van der Waals surface area contributed by atoms with Gasteiger partial charge in [0.25, 0.3) is 0 Å². The number of carboxylic acid groups (broad SMARTS) is 1. The lowest BCUT2D eigenvalue weighted by molar-refractivity contribution is -0.138. The maximum atomic E-state index is 11.3. The van der Waals surface area contributed by atoms with Gasteiger partial charge in [0.2, 0.25) is 0 Å². The molecule has 0 spiro atoms. The van der Waals surface area contributed by atoms with E-state index in [4.69, 9.17) is 0 Å². The number of carboxylic acids is 1. The molecule has 1 aliphatic heterocycles. The van der Waals surface area contributed by atoms with E-state index in [-0.39, 0.29) is 0 Å². The number of aromatic nitrogens is 3. The van der Waals surface area contributed by atoms with Crippen molar-refractivity contribution in [2.75, 3.05) is 11.4 Å². The molecule has 2 aromatic heterocycles. The van der Waals surface area contributed by atoms with Gasteiger partial charge in [-0.05, 0) is 37.5 Å². The molecule has 1 unspecified atom stereocenters. The van der Waals surface area contributed by atoms with E-state index in [9.17, 15) is 9.90 Å². The van der Waals surface area contributed by atoms with Crippen molar-refractivity contribution in [1.82, 2.24) is 14.6 Å². The summed E-state index contributed by atoms with van der Waals surface area (Å²) in [7, 11) is 0. The van der Waals surface area contributed by atoms with Crippen LogP contribution in [0.15, 0.2) is 18.5 Å². The monoisotopic (exact) mass is 246 g/mol. The maximum absolute atomic E-state index is 11.3. The first-order chi connectivity index (χ1) is 8.66. The highest BCUT2D eigenvalue weighted by Gasteiger charge is 2.32. The molecule has 0 aliphatic carbocycles. The third-order valence-electron chi connectivity index (χ3n) is 3.34. The third kappa shape index (κ3) is 1.61. The molecule has 1 aliphatic rings. The second kappa shape index (κ2) is 3.97. The minimum absolute atomic E-state index is 0.459. The molecule has 1 saturated heterocycles. The Morgan fingerprint density at radius 2 is 2.33 bits per heavy atom. The van der Waals surface area contributed by atoms with Crippen LogP contribution in [0.3, 0.4) is 0 Å². The molecule has 18 heavy (non-hydrogen) atoms. The fourth-order valence-electron chi connectivity index (χ4n) is 2.54. The summed E-state index contributed by atoms with van der Waals surface area (Å²) in [6, 6.07) is 3.44. The molecule has 6 nitrogen and oxygen atoms in total. The van der Waals surface area contributed by atoms with Crippen molar-refractivity contribution >= 4 is 17.4 Å². The van der Waals surface area contributed by atoms with Gasteiger partial charge in [-0.3, -0.25) is 0 Å². The summed E-state index contributed by atoms with van der Waals surface area (Å²) >= 11 is 0. The number of rotatable bonds is 2. The number of hydrogen-bond donors (Lipinski definition) is 1. The normalized spacial score (nSPS) is 19.6. The molecular weight excluding hydrogens is 232 g/mol. The van der Waals surface area contributed by atoms with Crippen LogP contribution >= 0.6 is 0 Å². The zero-order valence-electron chi connectivity index (χ0n) is 10.1. The summed E-state index contributed by atoms with van der Waals surface area (Å²) in [4.78, 5) is 17.3. The Balaban J connectivity index is 2.13. The minimum Gasteiger partial charge on any atom is -0.480 e. The smallest absolute Gasteiger partial charge is 0.326 e. The lowest BCUT2D eigenvalue weighted by Gasteiger charge is -2.24. The van der Waals surface area contributed by atoms with Gasteiger partial charge in [0, 0.05) is 6.54 Å². The van der Waals surface area contributed by atoms with E-state index >= 15 is 0 Å². The van der Waals surface area contributed by atoms with Crippen LogP contribution in [0.25, 0.3) is 5.65 Å². The molecule has 1 fully saturated rings. The first kappa shape index (κ1) is 11.0. The quantitative estimate of drug-likeness (QED) is 0.859. The molecule has 0 amide bonds. The topological polar surface area (TPSA) is 70.7 Å². The first-order valence-corrected chi connectivity index (χ1v) is 5.96. The highest BCUT2D eigenvalue weighted by atomic mass is 16.4. The third-order valence-corrected chi connectivity index (χ3v) is 3.34. The van der Waals surface area contributed by atoms with Crippen LogP contribution in [0.2, 0.25) is 0 Å². The van der Waals surface area contributed by atoms with Crippen LogP contribution in [0, 0.1) is 6.92 Å². The molecule has 2 aromatic rings. The Hall–Kier alpha value is -2.11. The first-order valence-electron chi connectivity index (χ1n) is 5.96. The predicted octanol–water partition coefficient (Wildman–Crippen LogP) is 1.09. The summed E-state index contributed by atoms with van der Waals surface area (Å²) in [6.45, 7) is 2.72. The van der Waals surface area contributed by atoms with Crippen LogP contribution in [-0.2, 0) is 4.79 Å². The fraction of sp³-hybridized carbons (Fsp3) is 0.417. The average Bonchev–Trinajstić information content (AvgIpc) is 2.95. The Kier molecular flexibility index (Phi) is 2.43. The van der Waals surface area contributed by atoms with Gasteiger partial charge in [0.05, 0.1) is 0 Å². The molecular formula is C12H14N4O2. The van der Waals surface area contributed by atoms with E-state index in [0.717, 1.165) is 30.0 Å². The van der Waals surface area contributed by atoms with E-state index in [1.165, 1.54) is 6.33 Å². The summed E-state index contributed by atoms with van der Waals surface area (Å²) in [5, 5.41) is 13.4. The Labute approximate surface area is 104 Å². The molecule has 0 radical (unpaired) electrons. The van der Waals surface area contributed by atoms with Crippen LogP contribution in [0.4, 0.5) is 5.82 Å². The predicted molar refractivity (Wildman–Crippen MR) is 65.7 cm³/mol. The number of carbonyl (C=O) groups is 1. The minimum atomic E-state index is -0.776. The second-order valence-corrected chi connectivity index (χ2v) is 4.61. The van der Waals surface area contributed by atoms with Gasteiger partial charge in [0.1, 0.15) is 18.2 Å². The van der Waals surface area contributed by atoms with Crippen LogP contribution in [0.5, 0.6) is 0 Å². The molecule has 3 rings (SSSR count). The largest absolute Gasteiger partial charge is 0.480 e. The van der Waals surface area contributed by atoms with Crippen molar-refractivity contribution in [2.24, 2.45) is 0 Å². The highest BCUT2D eigenvalue weighted by molar-refractivity contribution is 5.78. The summed E-state index contributed by atoms with van der Waals surface area (Å²) in [5.74, 6) is 0.0367. The lowest BCUT2D eigenvalue weighted by Crippen LogP contribution is -2.37. The van der Waals surface area contributed by atoms with Crippen LogP contribution < -0.4 is 4.90 Å². The summed E-state index contributed by atoms with van der Waals surface area (Å²) in [5.41, 5.74) is 1.81. The fourth-order valence-corrected chi connectivity index (χ4v) is 2.54. The van der Waals surface area contributed by atoms with Crippen LogP contribution in [0.1, 0.15) is 18.4 Å². The molecule has 6 heteroatoms. The zero-order valence-corrected chi connectivity index (χ0v) is 10.1. The van der Waals surface area contributed by atoms with Gasteiger partial charge in [-0.15, -0.1) is 0 Å². The lowest BCUT2D eigenvalue weighted by atomic mass is 10.2. The standard InChI is InChI=1S/C12H14N4O2/c1-8-5-10-13-7-14-16(10)11(6-8)15-4-2-3-9(15)12(17)18/h5-7,9H,2-4H2,1H3,(H,17,18). The average molecular weight is 246 g/mol. The van der Waals surface area contributed by atoms with E-state index in [2.05, 4.69) is 10.1 Å². The van der Waals surface area contributed by atoms with Gasteiger partial charge in [0.15, 0.2) is 5.65 Å². The molecule has 3 heterocycles. The Morgan fingerprint density at radius 1 is 1.50 bits per heavy atom. The number of fused-ring (bicyclic) bond motifs is 1. The van der Waals surface area contributed by atoms with Gasteiger partial charge >= 0.3 is 5.97 Å². The SMILES string of the molecule is Cc1cc(N2CCCC2C(=O)O)n2ncnc2c1. The van der Waals surface area contributed by atoms with Gasteiger partial charge < -0.3 is 10.0 Å². The van der Waals surface area contributed by atoms with Crippen molar-refractivity contribution in [3.63, 3.8) is 0 Å². The molecule has 0 aromatic carbocycles. The van der Waals surface area contributed by atoms with E-state index in [1.807, 2.05) is 24.0 Å². The van der Waals surface area contributed by atoms with Crippen molar-refractivity contribution < 1.29 is 9.90 Å². The van der Waals surface area contributed by atoms with E-state index in [1.54, 1.807) is 4.52 Å². The van der Waals surface area contributed by atoms with Crippen molar-refractivity contribution in [3.05, 3.63) is 24.0 Å². The van der Waals surface area contributed by atoms with Gasteiger partial charge in [-0.25, -0.2) is 9.78 Å². The molecule has 94 valence electrons. The molecule has 1 N–H and O–H groups in total. The highest BCUT2D eigenvalue weighted by Crippen LogP contribution is 2.26. The number of nitrogens with zero attached hydrogens (tertiary/aromatic N) is 4. The van der Waals surface area contributed by atoms with E-state index in [0.29, 0.717) is 6.42 Å². The van der Waals surface area contributed by atoms with Crippen LogP contribution in [-0.4, -0.2) is 38.3 Å². The maximum Gasteiger partial charge on any atom is 0.326 e. The summed E-state index contributed by atoms with van der Waals surface area (Å²) in [6.07, 6.45) is 3.06. The van der Waals surface area contributed by atoms with E-state index < -0.39 is 12.0 Å². The van der Waals surface area contributed by atoms with Gasteiger partial charge in [-0.1, -0.05) is 0 Å². The van der Waals surface area contributed by atoms with Gasteiger partial charge in [-0.2, -0.15) is 9.61 Å². The summed E-state index contributed by atoms with van der Waals surface area (Å²) < 4.78 is 1.70. The molecule has 0 saturated carbocycles. The molecule has 1 atom stereocenters. The number of hydrogen-bond acceptors (Lipinski definition) is 4. The Morgan fingerprint density at radius 3 is 3.11 bits per heavy atom. The number of aryl methyl sites for hydroxylation is 1. The van der Waals surface area contributed by atoms with Crippen molar-refractivity contribution in [2.45, 2.75) is 25.8 Å². The number of pyridine rings is 1. The van der Waals surface area contributed by atoms with Crippen molar-refractivity contribution in [1.29, 1.82) is 0 Å². The molecule has 0 bridgehead atoms. The zero-order chi connectivity index (χ0) is 12.7. The Bertz CT molecular complexity index is 607. The second-order valence-electron chi connectivity index (χ2n) is 4.61. The van der Waals surface area contributed by atoms with Crippen molar-refractivity contribution in [3.8, 4) is 0 Å². The number of anilines is 1. The number of aliphatic carboxylic acids is 1.